The van der Waals surface area contributed by atoms with Gasteiger partial charge in [-0.25, -0.2) is 15.0 Å². The standard InChI is InChI=1S/C15H23N5/c1-5-13-6-17-12(4)19-15(13)18-8-14-7-16-10-20(14)9-11(2)3/h6-7,10-11H,5,8-9H2,1-4H3,(H,17,18,19). The number of aryl methyl sites for hydroxylation is 2. The molecular weight excluding hydrogens is 250 g/mol. The summed E-state index contributed by atoms with van der Waals surface area (Å²) in [6, 6.07) is 0. The second-order valence-corrected chi connectivity index (χ2v) is 5.43. The number of aromatic nitrogens is 4. The number of nitrogens with zero attached hydrogens (tertiary/aromatic N) is 4. The average molecular weight is 273 g/mol. The molecule has 2 aromatic rings. The SMILES string of the molecule is CCc1cnc(C)nc1NCc1cncn1CC(C)C. The van der Waals surface area contributed by atoms with Gasteiger partial charge in [0.1, 0.15) is 11.6 Å². The molecule has 0 fully saturated rings. The van der Waals surface area contributed by atoms with Crippen LogP contribution in [0.2, 0.25) is 0 Å². The second kappa shape index (κ2) is 6.50. The van der Waals surface area contributed by atoms with Crippen LogP contribution in [0.1, 0.15) is 37.9 Å². The van der Waals surface area contributed by atoms with Gasteiger partial charge in [0.15, 0.2) is 0 Å². The van der Waals surface area contributed by atoms with Crippen molar-refractivity contribution in [3.63, 3.8) is 0 Å². The molecule has 2 aromatic heterocycles. The van der Waals surface area contributed by atoms with Gasteiger partial charge in [0.05, 0.1) is 18.6 Å². The highest BCUT2D eigenvalue weighted by Gasteiger charge is 2.07. The van der Waals surface area contributed by atoms with E-state index in [2.05, 4.69) is 45.6 Å². The minimum atomic E-state index is 0.607. The van der Waals surface area contributed by atoms with E-state index in [-0.39, 0.29) is 0 Å². The summed E-state index contributed by atoms with van der Waals surface area (Å²) in [6.07, 6.45) is 6.63. The first-order chi connectivity index (χ1) is 9.60. The van der Waals surface area contributed by atoms with Gasteiger partial charge in [-0.3, -0.25) is 0 Å². The normalized spacial score (nSPS) is 11.1. The van der Waals surface area contributed by atoms with Crippen LogP contribution in [-0.4, -0.2) is 19.5 Å². The first kappa shape index (κ1) is 14.5. The van der Waals surface area contributed by atoms with Gasteiger partial charge in [0, 0.05) is 24.5 Å². The summed E-state index contributed by atoms with van der Waals surface area (Å²) < 4.78 is 2.19. The summed E-state index contributed by atoms with van der Waals surface area (Å²) in [5.41, 5.74) is 2.32. The maximum absolute atomic E-state index is 4.48. The monoisotopic (exact) mass is 273 g/mol. The van der Waals surface area contributed by atoms with Crippen LogP contribution in [0.15, 0.2) is 18.7 Å². The quantitative estimate of drug-likeness (QED) is 0.879. The molecule has 0 saturated heterocycles. The lowest BCUT2D eigenvalue weighted by Crippen LogP contribution is -2.12. The Morgan fingerprint density at radius 3 is 2.80 bits per heavy atom. The highest BCUT2D eigenvalue weighted by molar-refractivity contribution is 5.43. The molecule has 0 aliphatic carbocycles. The Morgan fingerprint density at radius 2 is 2.10 bits per heavy atom. The number of hydrogen-bond acceptors (Lipinski definition) is 4. The minimum Gasteiger partial charge on any atom is -0.364 e. The maximum atomic E-state index is 4.48. The number of anilines is 1. The third kappa shape index (κ3) is 3.56. The molecule has 108 valence electrons. The molecule has 5 nitrogen and oxygen atoms in total. The molecule has 2 rings (SSSR count). The molecule has 0 aromatic carbocycles. The van der Waals surface area contributed by atoms with Crippen molar-refractivity contribution < 1.29 is 0 Å². The minimum absolute atomic E-state index is 0.607. The third-order valence-electron chi connectivity index (χ3n) is 3.16. The van der Waals surface area contributed by atoms with Crippen LogP contribution in [0.4, 0.5) is 5.82 Å². The number of rotatable bonds is 6. The molecule has 0 aliphatic heterocycles. The van der Waals surface area contributed by atoms with Crippen LogP contribution in [-0.2, 0) is 19.5 Å². The van der Waals surface area contributed by atoms with Gasteiger partial charge in [-0.15, -0.1) is 0 Å². The molecule has 1 N–H and O–H groups in total. The Bertz CT molecular complexity index is 559. The molecule has 0 saturated carbocycles. The highest BCUT2D eigenvalue weighted by Crippen LogP contribution is 2.14. The van der Waals surface area contributed by atoms with Crippen LogP contribution in [0.3, 0.4) is 0 Å². The summed E-state index contributed by atoms with van der Waals surface area (Å²) in [5, 5.41) is 3.41. The van der Waals surface area contributed by atoms with Gasteiger partial charge in [-0.05, 0) is 19.3 Å². The molecule has 20 heavy (non-hydrogen) atoms. The number of imidazole rings is 1. The van der Waals surface area contributed by atoms with Crippen molar-refractivity contribution in [1.82, 2.24) is 19.5 Å². The summed E-state index contributed by atoms with van der Waals surface area (Å²) in [7, 11) is 0. The fraction of sp³-hybridized carbons (Fsp3) is 0.533. The van der Waals surface area contributed by atoms with Crippen molar-refractivity contribution in [2.45, 2.75) is 47.2 Å². The Morgan fingerprint density at radius 1 is 1.30 bits per heavy atom. The van der Waals surface area contributed by atoms with E-state index in [0.717, 1.165) is 36.7 Å². The largest absolute Gasteiger partial charge is 0.364 e. The highest BCUT2D eigenvalue weighted by atomic mass is 15.1. The third-order valence-corrected chi connectivity index (χ3v) is 3.16. The summed E-state index contributed by atoms with van der Waals surface area (Å²) in [4.78, 5) is 13.0. The molecule has 0 atom stereocenters. The Labute approximate surface area is 120 Å². The van der Waals surface area contributed by atoms with Crippen LogP contribution in [0.5, 0.6) is 0 Å². The van der Waals surface area contributed by atoms with Gasteiger partial charge in [0.2, 0.25) is 0 Å². The van der Waals surface area contributed by atoms with Crippen LogP contribution in [0.25, 0.3) is 0 Å². The maximum Gasteiger partial charge on any atom is 0.133 e. The lowest BCUT2D eigenvalue weighted by atomic mass is 10.2. The van der Waals surface area contributed by atoms with Gasteiger partial charge in [-0.1, -0.05) is 20.8 Å². The van der Waals surface area contributed by atoms with Crippen molar-refractivity contribution in [2.24, 2.45) is 5.92 Å². The van der Waals surface area contributed by atoms with E-state index >= 15 is 0 Å². The number of nitrogens with one attached hydrogen (secondary N) is 1. The predicted molar refractivity (Wildman–Crippen MR) is 80.5 cm³/mol. The van der Waals surface area contributed by atoms with E-state index in [1.54, 1.807) is 0 Å². The molecule has 5 heteroatoms. The van der Waals surface area contributed by atoms with Crippen molar-refractivity contribution >= 4 is 5.82 Å². The summed E-state index contributed by atoms with van der Waals surface area (Å²) in [5.74, 6) is 2.33. The smallest absolute Gasteiger partial charge is 0.133 e. The van der Waals surface area contributed by atoms with E-state index < -0.39 is 0 Å². The first-order valence-electron chi connectivity index (χ1n) is 7.15. The fourth-order valence-electron chi connectivity index (χ4n) is 2.13. The van der Waals surface area contributed by atoms with Crippen molar-refractivity contribution in [2.75, 3.05) is 5.32 Å². The van der Waals surface area contributed by atoms with E-state index in [4.69, 9.17) is 0 Å². The zero-order chi connectivity index (χ0) is 14.5. The van der Waals surface area contributed by atoms with Crippen molar-refractivity contribution in [3.05, 3.63) is 35.8 Å². The molecule has 0 radical (unpaired) electrons. The summed E-state index contributed by atoms with van der Waals surface area (Å²) >= 11 is 0. The second-order valence-electron chi connectivity index (χ2n) is 5.43. The lowest BCUT2D eigenvalue weighted by Gasteiger charge is -2.13. The molecule has 2 heterocycles. The van der Waals surface area contributed by atoms with E-state index in [9.17, 15) is 0 Å². The first-order valence-corrected chi connectivity index (χ1v) is 7.15. The van der Waals surface area contributed by atoms with Gasteiger partial charge >= 0.3 is 0 Å². The summed E-state index contributed by atoms with van der Waals surface area (Å²) in [6.45, 7) is 10.2. The average Bonchev–Trinajstić information content (AvgIpc) is 2.83. The van der Waals surface area contributed by atoms with Gasteiger partial charge in [-0.2, -0.15) is 0 Å². The molecule has 0 unspecified atom stereocenters. The molecule has 0 spiro atoms. The van der Waals surface area contributed by atoms with Gasteiger partial charge in [0.25, 0.3) is 0 Å². The predicted octanol–water partition coefficient (Wildman–Crippen LogP) is 2.81. The van der Waals surface area contributed by atoms with E-state index in [1.807, 2.05) is 25.6 Å². The molecule has 0 bridgehead atoms. The van der Waals surface area contributed by atoms with Crippen LogP contribution in [0, 0.1) is 12.8 Å². The zero-order valence-corrected chi connectivity index (χ0v) is 12.7. The fourth-order valence-corrected chi connectivity index (χ4v) is 2.13. The van der Waals surface area contributed by atoms with Crippen molar-refractivity contribution in [1.29, 1.82) is 0 Å². The topological polar surface area (TPSA) is 55.6 Å². The van der Waals surface area contributed by atoms with Crippen molar-refractivity contribution in [3.8, 4) is 0 Å². The Balaban J connectivity index is 2.09. The zero-order valence-electron chi connectivity index (χ0n) is 12.7. The van der Waals surface area contributed by atoms with E-state index in [0.29, 0.717) is 5.92 Å². The molecule has 0 aliphatic rings. The van der Waals surface area contributed by atoms with Crippen LogP contribution < -0.4 is 5.32 Å². The number of hydrogen-bond donors (Lipinski definition) is 1. The van der Waals surface area contributed by atoms with Crippen LogP contribution >= 0.6 is 0 Å². The Kier molecular flexibility index (Phi) is 4.71. The lowest BCUT2D eigenvalue weighted by molar-refractivity contribution is 0.511. The molecular formula is C15H23N5. The molecule has 0 amide bonds. The Hall–Kier alpha value is -1.91. The van der Waals surface area contributed by atoms with Gasteiger partial charge < -0.3 is 9.88 Å². The van der Waals surface area contributed by atoms with E-state index in [1.165, 1.54) is 5.69 Å².